The van der Waals surface area contributed by atoms with E-state index in [1.807, 2.05) is 0 Å². The number of nitrogens with one attached hydrogen (secondary N) is 1. The summed E-state index contributed by atoms with van der Waals surface area (Å²) in [6, 6.07) is 5.76. The molecule has 2 saturated carbocycles. The molecule has 6 nitrogen and oxygen atoms in total. The molecule has 1 saturated heterocycles. The molecule has 0 radical (unpaired) electrons. The van der Waals surface area contributed by atoms with Crippen LogP contribution in [-0.4, -0.2) is 45.8 Å². The van der Waals surface area contributed by atoms with E-state index in [1.165, 1.54) is 12.1 Å². The van der Waals surface area contributed by atoms with Gasteiger partial charge < -0.3 is 10.2 Å². The number of hydrogen-bond acceptors (Lipinski definition) is 3. The SMILES string of the molecule is CC1CC(C)(C)CC2(C1)NC(=O)N(CC(=O)N(Cc1ccc(F)cc1)C1CCCCC1)C2=O. The van der Waals surface area contributed by atoms with Gasteiger partial charge in [0.05, 0.1) is 0 Å². The van der Waals surface area contributed by atoms with Crippen molar-refractivity contribution in [1.29, 1.82) is 0 Å². The van der Waals surface area contributed by atoms with Crippen molar-refractivity contribution < 1.29 is 18.8 Å². The predicted octanol–water partition coefficient (Wildman–Crippen LogP) is 4.62. The first-order valence-electron chi connectivity index (χ1n) is 12.3. The molecule has 1 N–H and O–H groups in total. The molecule has 1 heterocycles. The summed E-state index contributed by atoms with van der Waals surface area (Å²) in [5.41, 5.74) is -0.130. The summed E-state index contributed by atoms with van der Waals surface area (Å²) in [5, 5.41) is 2.96. The zero-order chi connectivity index (χ0) is 23.8. The summed E-state index contributed by atoms with van der Waals surface area (Å²) in [4.78, 5) is 42.8. The molecule has 2 unspecified atom stereocenters. The molecule has 1 aromatic rings. The van der Waals surface area contributed by atoms with Crippen molar-refractivity contribution >= 4 is 17.8 Å². The Labute approximate surface area is 195 Å². The van der Waals surface area contributed by atoms with Crippen LogP contribution < -0.4 is 5.32 Å². The Bertz CT molecular complexity index is 910. The molecule has 2 atom stereocenters. The number of urea groups is 1. The second-order valence-electron chi connectivity index (χ2n) is 11.2. The number of benzene rings is 1. The maximum Gasteiger partial charge on any atom is 0.325 e. The monoisotopic (exact) mass is 457 g/mol. The van der Waals surface area contributed by atoms with E-state index in [9.17, 15) is 18.8 Å². The Hall–Kier alpha value is -2.44. The number of hydrogen-bond donors (Lipinski definition) is 1. The normalized spacial score (nSPS) is 27.6. The summed E-state index contributed by atoms with van der Waals surface area (Å²) in [6.45, 7) is 6.47. The molecular weight excluding hydrogens is 421 g/mol. The summed E-state index contributed by atoms with van der Waals surface area (Å²) in [7, 11) is 0. The molecule has 7 heteroatoms. The van der Waals surface area contributed by atoms with E-state index >= 15 is 0 Å². The van der Waals surface area contributed by atoms with Crippen LogP contribution in [0.2, 0.25) is 0 Å². The number of amides is 4. The van der Waals surface area contributed by atoms with E-state index in [0.29, 0.717) is 25.3 Å². The van der Waals surface area contributed by atoms with E-state index in [2.05, 4.69) is 26.1 Å². The largest absolute Gasteiger partial charge is 0.334 e. The summed E-state index contributed by atoms with van der Waals surface area (Å²) in [5.74, 6) is -0.504. The zero-order valence-electron chi connectivity index (χ0n) is 20.0. The Kier molecular flexibility index (Phi) is 6.52. The van der Waals surface area contributed by atoms with E-state index in [4.69, 9.17) is 0 Å². The minimum absolute atomic E-state index is 0.0582. The van der Waals surface area contributed by atoms with Crippen molar-refractivity contribution in [2.75, 3.05) is 6.54 Å². The molecule has 1 spiro atoms. The average Bonchev–Trinajstić information content (AvgIpc) is 2.95. The van der Waals surface area contributed by atoms with Crippen LogP contribution >= 0.6 is 0 Å². The highest BCUT2D eigenvalue weighted by molar-refractivity contribution is 6.09. The van der Waals surface area contributed by atoms with Crippen molar-refractivity contribution in [1.82, 2.24) is 15.1 Å². The van der Waals surface area contributed by atoms with Gasteiger partial charge >= 0.3 is 6.03 Å². The molecular formula is C26H36FN3O3. The Balaban J connectivity index is 1.52. The smallest absolute Gasteiger partial charge is 0.325 e. The fourth-order valence-corrected chi connectivity index (χ4v) is 6.48. The van der Waals surface area contributed by atoms with Crippen molar-refractivity contribution in [2.45, 2.75) is 90.3 Å². The summed E-state index contributed by atoms with van der Waals surface area (Å²) < 4.78 is 13.4. The lowest BCUT2D eigenvalue weighted by molar-refractivity contribution is -0.142. The van der Waals surface area contributed by atoms with Crippen LogP contribution in [0.5, 0.6) is 0 Å². The number of carbonyl (C=O) groups excluding carboxylic acids is 3. The number of rotatable bonds is 5. The highest BCUT2D eigenvalue weighted by Gasteiger charge is 2.56. The highest BCUT2D eigenvalue weighted by Crippen LogP contribution is 2.46. The van der Waals surface area contributed by atoms with Crippen LogP contribution in [0.3, 0.4) is 0 Å². The molecule has 3 aliphatic rings. The molecule has 0 bridgehead atoms. The molecule has 2 aliphatic carbocycles. The van der Waals surface area contributed by atoms with E-state index in [0.717, 1.165) is 49.0 Å². The van der Waals surface area contributed by atoms with E-state index in [1.54, 1.807) is 17.0 Å². The van der Waals surface area contributed by atoms with Gasteiger partial charge in [0, 0.05) is 12.6 Å². The first-order chi connectivity index (χ1) is 15.6. The van der Waals surface area contributed by atoms with Gasteiger partial charge in [-0.3, -0.25) is 14.5 Å². The lowest BCUT2D eigenvalue weighted by Crippen LogP contribution is -2.54. The van der Waals surface area contributed by atoms with Crippen LogP contribution in [0, 0.1) is 17.2 Å². The zero-order valence-corrected chi connectivity index (χ0v) is 20.0. The Morgan fingerprint density at radius 3 is 2.42 bits per heavy atom. The van der Waals surface area contributed by atoms with E-state index < -0.39 is 11.6 Å². The van der Waals surface area contributed by atoms with Crippen molar-refractivity contribution in [3.8, 4) is 0 Å². The molecule has 1 aromatic carbocycles. The average molecular weight is 458 g/mol. The molecule has 180 valence electrons. The molecule has 3 fully saturated rings. The number of nitrogens with zero attached hydrogens (tertiary/aromatic N) is 2. The topological polar surface area (TPSA) is 69.7 Å². The fourth-order valence-electron chi connectivity index (χ4n) is 6.48. The quantitative estimate of drug-likeness (QED) is 0.656. The Morgan fingerprint density at radius 1 is 1.12 bits per heavy atom. The summed E-state index contributed by atoms with van der Waals surface area (Å²) in [6.07, 6.45) is 7.26. The standard InChI is InChI=1S/C26H36FN3O3/c1-18-13-25(2,3)17-26(14-18)23(32)30(24(33)28-26)16-22(31)29(21-7-5-4-6-8-21)15-19-9-11-20(27)12-10-19/h9-12,18,21H,4-8,13-17H2,1-3H3,(H,28,33). The third-order valence-electron chi connectivity index (χ3n) is 7.52. The van der Waals surface area contributed by atoms with E-state index in [-0.39, 0.29) is 35.6 Å². The lowest BCUT2D eigenvalue weighted by atomic mass is 9.64. The first kappa shape index (κ1) is 23.7. The van der Waals surface area contributed by atoms with Crippen LogP contribution in [0.15, 0.2) is 24.3 Å². The van der Waals surface area contributed by atoms with Crippen molar-refractivity contribution in [2.24, 2.45) is 11.3 Å². The Morgan fingerprint density at radius 2 is 1.79 bits per heavy atom. The number of halogens is 1. The molecule has 33 heavy (non-hydrogen) atoms. The molecule has 4 amide bonds. The van der Waals surface area contributed by atoms with Gasteiger partial charge in [-0.25, -0.2) is 9.18 Å². The third-order valence-corrected chi connectivity index (χ3v) is 7.52. The maximum absolute atomic E-state index is 13.5. The van der Waals surface area contributed by atoms with Crippen LogP contribution in [0.25, 0.3) is 0 Å². The minimum atomic E-state index is -0.912. The van der Waals surface area contributed by atoms with Gasteiger partial charge in [-0.05, 0) is 61.1 Å². The van der Waals surface area contributed by atoms with Crippen LogP contribution in [0.1, 0.15) is 77.7 Å². The van der Waals surface area contributed by atoms with Gasteiger partial charge in [0.1, 0.15) is 17.9 Å². The number of carbonyl (C=O) groups is 3. The molecule has 0 aromatic heterocycles. The van der Waals surface area contributed by atoms with Gasteiger partial charge in [0.2, 0.25) is 5.91 Å². The third kappa shape index (κ3) is 5.07. The molecule has 1 aliphatic heterocycles. The maximum atomic E-state index is 13.5. The van der Waals surface area contributed by atoms with Crippen LogP contribution in [-0.2, 0) is 16.1 Å². The van der Waals surface area contributed by atoms with Gasteiger partial charge in [0.15, 0.2) is 0 Å². The fraction of sp³-hybridized carbons (Fsp3) is 0.654. The second-order valence-corrected chi connectivity index (χ2v) is 11.2. The minimum Gasteiger partial charge on any atom is -0.334 e. The molecule has 4 rings (SSSR count). The van der Waals surface area contributed by atoms with Crippen molar-refractivity contribution in [3.05, 3.63) is 35.6 Å². The first-order valence-corrected chi connectivity index (χ1v) is 12.3. The van der Waals surface area contributed by atoms with Crippen molar-refractivity contribution in [3.63, 3.8) is 0 Å². The second kappa shape index (κ2) is 9.07. The van der Waals surface area contributed by atoms with Gasteiger partial charge in [0.25, 0.3) is 5.91 Å². The highest BCUT2D eigenvalue weighted by atomic mass is 19.1. The predicted molar refractivity (Wildman–Crippen MR) is 124 cm³/mol. The van der Waals surface area contributed by atoms with Gasteiger partial charge in [-0.2, -0.15) is 0 Å². The summed E-state index contributed by atoms with van der Waals surface area (Å²) >= 11 is 0. The van der Waals surface area contributed by atoms with Gasteiger partial charge in [-0.15, -0.1) is 0 Å². The van der Waals surface area contributed by atoms with Gasteiger partial charge in [-0.1, -0.05) is 52.2 Å². The van der Waals surface area contributed by atoms with Crippen LogP contribution in [0.4, 0.5) is 9.18 Å². The lowest BCUT2D eigenvalue weighted by Gasteiger charge is -2.43. The number of imide groups is 1.